The second-order valence-electron chi connectivity index (χ2n) is 6.61. The summed E-state index contributed by atoms with van der Waals surface area (Å²) >= 11 is 0. The summed E-state index contributed by atoms with van der Waals surface area (Å²) in [7, 11) is 1.57. The van der Waals surface area contributed by atoms with Gasteiger partial charge in [0.1, 0.15) is 5.60 Å². The van der Waals surface area contributed by atoms with Gasteiger partial charge in [0.2, 0.25) is 5.82 Å². The summed E-state index contributed by atoms with van der Waals surface area (Å²) in [5.41, 5.74) is 0.772. The van der Waals surface area contributed by atoms with E-state index in [1.807, 2.05) is 13.8 Å². The van der Waals surface area contributed by atoms with Gasteiger partial charge in [-0.3, -0.25) is 14.5 Å². The van der Waals surface area contributed by atoms with E-state index < -0.39 is 5.60 Å². The van der Waals surface area contributed by atoms with Gasteiger partial charge in [0.25, 0.3) is 17.7 Å². The number of nitrogens with zero attached hydrogens (tertiary/aromatic N) is 3. The third-order valence-corrected chi connectivity index (χ3v) is 4.55. The SMILES string of the molecule is COC(C)(C)c1noc(-c2ccc3c(c2)C(=O)N(C2CC2)C3=O)n1. The van der Waals surface area contributed by atoms with Crippen molar-refractivity contribution in [1.82, 2.24) is 15.0 Å². The molecule has 4 rings (SSSR count). The van der Waals surface area contributed by atoms with E-state index in [0.717, 1.165) is 12.8 Å². The van der Waals surface area contributed by atoms with Crippen LogP contribution < -0.4 is 0 Å². The molecule has 1 fully saturated rings. The fraction of sp³-hybridized carbons (Fsp3) is 0.412. The molecule has 7 heteroatoms. The predicted molar refractivity (Wildman–Crippen MR) is 83.3 cm³/mol. The molecule has 0 radical (unpaired) electrons. The van der Waals surface area contributed by atoms with E-state index in [0.29, 0.717) is 28.4 Å². The molecule has 0 atom stereocenters. The number of imide groups is 1. The highest BCUT2D eigenvalue weighted by Gasteiger charge is 2.44. The summed E-state index contributed by atoms with van der Waals surface area (Å²) in [6, 6.07) is 5.07. The number of hydrogen-bond acceptors (Lipinski definition) is 6. The summed E-state index contributed by atoms with van der Waals surface area (Å²) in [6.45, 7) is 3.67. The molecule has 2 heterocycles. The number of benzene rings is 1. The summed E-state index contributed by atoms with van der Waals surface area (Å²) in [4.78, 5) is 30.6. The van der Waals surface area contributed by atoms with Crippen molar-refractivity contribution in [2.75, 3.05) is 7.11 Å². The number of carbonyl (C=O) groups excluding carboxylic acids is 2. The maximum atomic E-state index is 12.5. The maximum Gasteiger partial charge on any atom is 0.261 e. The van der Waals surface area contributed by atoms with Crippen molar-refractivity contribution in [2.45, 2.75) is 38.3 Å². The molecule has 2 amide bonds. The van der Waals surface area contributed by atoms with Crippen LogP contribution in [-0.4, -0.2) is 40.0 Å². The van der Waals surface area contributed by atoms with Gasteiger partial charge in [0.15, 0.2) is 0 Å². The van der Waals surface area contributed by atoms with Gasteiger partial charge in [-0.1, -0.05) is 5.16 Å². The molecule has 1 aliphatic carbocycles. The van der Waals surface area contributed by atoms with E-state index in [2.05, 4.69) is 10.1 Å². The standard InChI is InChI=1S/C17H17N3O4/c1-17(2,23-3)16-18-13(24-19-16)9-4-7-11-12(8-9)15(22)20(14(11)21)10-5-6-10/h4,7-8,10H,5-6H2,1-3H3. The molecule has 24 heavy (non-hydrogen) atoms. The molecule has 0 saturated heterocycles. The lowest BCUT2D eigenvalue weighted by Crippen LogP contribution is -2.31. The average Bonchev–Trinajstić information content (AvgIpc) is 3.21. The van der Waals surface area contributed by atoms with Crippen molar-refractivity contribution >= 4 is 11.8 Å². The summed E-state index contributed by atoms with van der Waals surface area (Å²) in [6.07, 6.45) is 1.77. The zero-order valence-electron chi connectivity index (χ0n) is 13.7. The molecule has 2 aromatic rings. The number of fused-ring (bicyclic) bond motifs is 1. The van der Waals surface area contributed by atoms with E-state index in [-0.39, 0.29) is 17.9 Å². The Balaban J connectivity index is 1.70. The van der Waals surface area contributed by atoms with E-state index in [4.69, 9.17) is 9.26 Å². The number of carbonyl (C=O) groups is 2. The van der Waals surface area contributed by atoms with Crippen LogP contribution in [0, 0.1) is 0 Å². The zero-order valence-corrected chi connectivity index (χ0v) is 13.7. The Morgan fingerprint density at radius 1 is 1.21 bits per heavy atom. The van der Waals surface area contributed by atoms with Crippen molar-refractivity contribution in [2.24, 2.45) is 0 Å². The van der Waals surface area contributed by atoms with E-state index in [1.165, 1.54) is 4.90 Å². The van der Waals surface area contributed by atoms with Crippen LogP contribution in [-0.2, 0) is 10.3 Å². The van der Waals surface area contributed by atoms with Crippen LogP contribution in [0.1, 0.15) is 53.2 Å². The third kappa shape index (κ3) is 2.16. The number of methoxy groups -OCH3 is 1. The van der Waals surface area contributed by atoms with Crippen LogP contribution in [0.4, 0.5) is 0 Å². The molecule has 7 nitrogen and oxygen atoms in total. The van der Waals surface area contributed by atoms with Gasteiger partial charge in [0.05, 0.1) is 11.1 Å². The van der Waals surface area contributed by atoms with Gasteiger partial charge in [-0.25, -0.2) is 0 Å². The van der Waals surface area contributed by atoms with Crippen LogP contribution in [0.5, 0.6) is 0 Å². The van der Waals surface area contributed by atoms with Crippen molar-refractivity contribution in [3.63, 3.8) is 0 Å². The maximum absolute atomic E-state index is 12.5. The van der Waals surface area contributed by atoms with Crippen molar-refractivity contribution in [1.29, 1.82) is 0 Å². The van der Waals surface area contributed by atoms with Gasteiger partial charge >= 0.3 is 0 Å². The molecular formula is C17H17N3O4. The topological polar surface area (TPSA) is 85.5 Å². The van der Waals surface area contributed by atoms with E-state index in [1.54, 1.807) is 25.3 Å². The molecule has 2 aliphatic rings. The summed E-state index contributed by atoms with van der Waals surface area (Å²) < 4.78 is 10.6. The Morgan fingerprint density at radius 3 is 2.58 bits per heavy atom. The Hall–Kier alpha value is -2.54. The second kappa shape index (κ2) is 4.98. The van der Waals surface area contributed by atoms with E-state index >= 15 is 0 Å². The lowest BCUT2D eigenvalue weighted by Gasteiger charge is -2.17. The quantitative estimate of drug-likeness (QED) is 0.802. The first-order valence-corrected chi connectivity index (χ1v) is 7.84. The lowest BCUT2D eigenvalue weighted by atomic mass is 10.1. The predicted octanol–water partition coefficient (Wildman–Crippen LogP) is 2.38. The molecule has 124 valence electrons. The summed E-state index contributed by atoms with van der Waals surface area (Å²) in [5.74, 6) is 0.262. The Bertz CT molecular complexity index is 851. The van der Waals surface area contributed by atoms with Crippen LogP contribution in [0.2, 0.25) is 0 Å². The fourth-order valence-corrected chi connectivity index (χ4v) is 2.73. The molecule has 1 aliphatic heterocycles. The minimum atomic E-state index is -0.674. The fourth-order valence-electron chi connectivity index (χ4n) is 2.73. The molecule has 0 bridgehead atoms. The Labute approximate surface area is 138 Å². The van der Waals surface area contributed by atoms with Gasteiger partial charge in [0, 0.05) is 18.7 Å². The highest BCUT2D eigenvalue weighted by Crippen LogP contribution is 2.36. The number of aromatic nitrogens is 2. The minimum absolute atomic E-state index is 0.0540. The van der Waals surface area contributed by atoms with E-state index in [9.17, 15) is 9.59 Å². The first-order valence-electron chi connectivity index (χ1n) is 7.84. The molecule has 0 unspecified atom stereocenters. The number of rotatable bonds is 4. The Kier molecular flexibility index (Phi) is 3.11. The molecule has 1 saturated carbocycles. The first-order chi connectivity index (χ1) is 11.4. The highest BCUT2D eigenvalue weighted by atomic mass is 16.5. The van der Waals surface area contributed by atoms with Gasteiger partial charge < -0.3 is 9.26 Å². The van der Waals surface area contributed by atoms with Gasteiger partial charge in [-0.15, -0.1) is 0 Å². The zero-order chi connectivity index (χ0) is 17.1. The average molecular weight is 327 g/mol. The normalized spacial score (nSPS) is 17.5. The highest BCUT2D eigenvalue weighted by molar-refractivity contribution is 6.22. The molecule has 1 aromatic carbocycles. The molecule has 0 N–H and O–H groups in total. The van der Waals surface area contributed by atoms with Gasteiger partial charge in [-0.05, 0) is 44.9 Å². The first kappa shape index (κ1) is 15.0. The number of hydrogen-bond donors (Lipinski definition) is 0. The number of amides is 2. The van der Waals surface area contributed by atoms with Crippen LogP contribution in [0.15, 0.2) is 22.7 Å². The smallest absolute Gasteiger partial charge is 0.261 e. The third-order valence-electron chi connectivity index (χ3n) is 4.55. The van der Waals surface area contributed by atoms with Crippen LogP contribution in [0.25, 0.3) is 11.5 Å². The van der Waals surface area contributed by atoms with Crippen LogP contribution in [0.3, 0.4) is 0 Å². The van der Waals surface area contributed by atoms with Gasteiger partial charge in [-0.2, -0.15) is 4.98 Å². The number of ether oxygens (including phenoxy) is 1. The molecule has 0 spiro atoms. The lowest BCUT2D eigenvalue weighted by molar-refractivity contribution is 0.00973. The monoisotopic (exact) mass is 327 g/mol. The summed E-state index contributed by atoms with van der Waals surface area (Å²) in [5, 5.41) is 3.94. The second-order valence-corrected chi connectivity index (χ2v) is 6.61. The van der Waals surface area contributed by atoms with Crippen molar-refractivity contribution < 1.29 is 18.8 Å². The Morgan fingerprint density at radius 2 is 1.92 bits per heavy atom. The molecule has 1 aromatic heterocycles. The largest absolute Gasteiger partial charge is 0.371 e. The minimum Gasteiger partial charge on any atom is -0.371 e. The van der Waals surface area contributed by atoms with Crippen molar-refractivity contribution in [3.8, 4) is 11.5 Å². The van der Waals surface area contributed by atoms with Crippen LogP contribution >= 0.6 is 0 Å². The molecular weight excluding hydrogens is 310 g/mol. The van der Waals surface area contributed by atoms with Crippen molar-refractivity contribution in [3.05, 3.63) is 35.2 Å².